The van der Waals surface area contributed by atoms with E-state index in [-0.39, 0.29) is 29.4 Å². The molecule has 0 spiro atoms. The first-order chi connectivity index (χ1) is 8.15. The number of hydrogen-bond donors (Lipinski definition) is 0. The Hall–Kier alpha value is -0.970. The molecule has 0 aliphatic carbocycles. The van der Waals surface area contributed by atoms with Crippen LogP contribution >= 0.6 is 11.6 Å². The third kappa shape index (κ3) is 4.81. The summed E-state index contributed by atoms with van der Waals surface area (Å²) in [6.07, 6.45) is 0.173. The zero-order valence-corrected chi connectivity index (χ0v) is 10.3. The van der Waals surface area contributed by atoms with Gasteiger partial charge in [-0.3, -0.25) is 4.79 Å². The molecule has 0 aliphatic rings. The molecular formula is C12H14ClFO3. The van der Waals surface area contributed by atoms with Gasteiger partial charge in [0.25, 0.3) is 0 Å². The molecule has 0 aromatic heterocycles. The van der Waals surface area contributed by atoms with E-state index in [0.29, 0.717) is 13.2 Å². The lowest BCUT2D eigenvalue weighted by molar-refractivity contribution is 0.0641. The van der Waals surface area contributed by atoms with Crippen LogP contribution in [-0.4, -0.2) is 32.7 Å². The minimum atomic E-state index is -0.474. The molecule has 1 aromatic carbocycles. The molecule has 0 heterocycles. The number of ketones is 1. The molecule has 17 heavy (non-hydrogen) atoms. The van der Waals surface area contributed by atoms with Crippen molar-refractivity contribution in [3.63, 3.8) is 0 Å². The number of carbonyl (C=O) groups excluding carboxylic acids is 1. The average molecular weight is 261 g/mol. The van der Waals surface area contributed by atoms with Gasteiger partial charge < -0.3 is 9.47 Å². The van der Waals surface area contributed by atoms with Crippen LogP contribution in [0.4, 0.5) is 4.39 Å². The average Bonchev–Trinajstić information content (AvgIpc) is 2.32. The Bertz CT molecular complexity index is 382. The summed E-state index contributed by atoms with van der Waals surface area (Å²) in [6, 6.07) is 3.73. The van der Waals surface area contributed by atoms with Crippen molar-refractivity contribution in [3.05, 3.63) is 34.6 Å². The van der Waals surface area contributed by atoms with Crippen LogP contribution in [0.1, 0.15) is 16.8 Å². The van der Waals surface area contributed by atoms with E-state index in [1.165, 1.54) is 12.1 Å². The van der Waals surface area contributed by atoms with Gasteiger partial charge in [-0.2, -0.15) is 0 Å². The molecule has 0 fully saturated rings. The van der Waals surface area contributed by atoms with E-state index < -0.39 is 5.82 Å². The fourth-order valence-corrected chi connectivity index (χ4v) is 1.48. The normalized spacial score (nSPS) is 10.5. The van der Waals surface area contributed by atoms with E-state index in [1.807, 2.05) is 0 Å². The summed E-state index contributed by atoms with van der Waals surface area (Å²) >= 11 is 5.81. The first kappa shape index (κ1) is 14.1. The molecule has 0 radical (unpaired) electrons. The molecule has 3 nitrogen and oxygen atoms in total. The van der Waals surface area contributed by atoms with Crippen LogP contribution in [0.2, 0.25) is 5.02 Å². The van der Waals surface area contributed by atoms with Crippen molar-refractivity contribution in [1.82, 2.24) is 0 Å². The van der Waals surface area contributed by atoms with Crippen molar-refractivity contribution in [3.8, 4) is 0 Å². The van der Waals surface area contributed by atoms with Crippen molar-refractivity contribution >= 4 is 17.4 Å². The molecule has 94 valence electrons. The molecule has 0 saturated carbocycles. The van der Waals surface area contributed by atoms with E-state index in [4.69, 9.17) is 21.1 Å². The maximum Gasteiger partial charge on any atom is 0.166 e. The van der Waals surface area contributed by atoms with Gasteiger partial charge in [-0.05, 0) is 18.2 Å². The Morgan fingerprint density at radius 3 is 2.82 bits per heavy atom. The molecule has 0 bridgehead atoms. The smallest absolute Gasteiger partial charge is 0.166 e. The molecule has 0 aliphatic heterocycles. The van der Waals surface area contributed by atoms with Crippen molar-refractivity contribution in [2.24, 2.45) is 0 Å². The number of Topliss-reactive ketones (excluding diaryl/α,β-unsaturated/α-hetero) is 1. The first-order valence-electron chi connectivity index (χ1n) is 5.20. The fraction of sp³-hybridized carbons (Fsp3) is 0.417. The predicted molar refractivity (Wildman–Crippen MR) is 63.1 cm³/mol. The third-order valence-corrected chi connectivity index (χ3v) is 2.46. The number of methoxy groups -OCH3 is 1. The summed E-state index contributed by atoms with van der Waals surface area (Å²) < 4.78 is 22.9. The van der Waals surface area contributed by atoms with Gasteiger partial charge in [0, 0.05) is 19.1 Å². The summed E-state index contributed by atoms with van der Waals surface area (Å²) in [7, 11) is 1.57. The number of carbonyl (C=O) groups is 1. The zero-order valence-electron chi connectivity index (χ0n) is 9.54. The van der Waals surface area contributed by atoms with Crippen molar-refractivity contribution in [2.45, 2.75) is 6.42 Å². The second-order valence-electron chi connectivity index (χ2n) is 3.40. The van der Waals surface area contributed by atoms with Crippen LogP contribution in [0.3, 0.4) is 0 Å². The third-order valence-electron chi connectivity index (χ3n) is 2.13. The van der Waals surface area contributed by atoms with Crippen LogP contribution in [0.25, 0.3) is 0 Å². The van der Waals surface area contributed by atoms with Crippen molar-refractivity contribution < 1.29 is 18.7 Å². The number of rotatable bonds is 7. The Balaban J connectivity index is 2.44. The summed E-state index contributed by atoms with van der Waals surface area (Å²) in [5, 5.41) is 0.258. The summed E-state index contributed by atoms with van der Waals surface area (Å²) in [5.74, 6) is -0.704. The maximum atomic E-state index is 12.9. The molecule has 1 aromatic rings. The quantitative estimate of drug-likeness (QED) is 0.559. The maximum absolute atomic E-state index is 12.9. The van der Waals surface area contributed by atoms with Gasteiger partial charge in [-0.1, -0.05) is 11.6 Å². The standard InChI is InChI=1S/C12H14ClFO3/c1-16-6-7-17-5-4-12(15)10-8-9(14)2-3-11(10)13/h2-3,8H,4-7H2,1H3. The molecule has 1 rings (SSSR count). The van der Waals surface area contributed by atoms with Gasteiger partial charge in [-0.25, -0.2) is 4.39 Å². The SMILES string of the molecule is COCCOCCC(=O)c1cc(F)ccc1Cl. The van der Waals surface area contributed by atoms with E-state index >= 15 is 0 Å². The zero-order chi connectivity index (χ0) is 12.7. The van der Waals surface area contributed by atoms with E-state index in [9.17, 15) is 9.18 Å². The van der Waals surface area contributed by atoms with Gasteiger partial charge in [0.1, 0.15) is 5.82 Å². The molecule has 0 atom stereocenters. The van der Waals surface area contributed by atoms with Crippen molar-refractivity contribution in [1.29, 1.82) is 0 Å². The van der Waals surface area contributed by atoms with Crippen LogP contribution in [0.15, 0.2) is 18.2 Å². The second kappa shape index (κ2) is 7.37. The van der Waals surface area contributed by atoms with E-state index in [0.717, 1.165) is 6.07 Å². The highest BCUT2D eigenvalue weighted by atomic mass is 35.5. The predicted octanol–water partition coefficient (Wildman–Crippen LogP) is 2.71. The number of ether oxygens (including phenoxy) is 2. The van der Waals surface area contributed by atoms with Crippen LogP contribution in [-0.2, 0) is 9.47 Å². The lowest BCUT2D eigenvalue weighted by Crippen LogP contribution is -2.08. The highest BCUT2D eigenvalue weighted by molar-refractivity contribution is 6.33. The summed E-state index contributed by atoms with van der Waals surface area (Å²) in [6.45, 7) is 1.19. The van der Waals surface area contributed by atoms with Crippen molar-refractivity contribution in [2.75, 3.05) is 26.9 Å². The lowest BCUT2D eigenvalue weighted by atomic mass is 10.1. The molecular weight excluding hydrogens is 247 g/mol. The number of halogens is 2. The molecule has 0 amide bonds. The van der Waals surface area contributed by atoms with Crippen LogP contribution < -0.4 is 0 Å². The Labute approximate surface area is 104 Å². The number of benzene rings is 1. The second-order valence-corrected chi connectivity index (χ2v) is 3.81. The molecule has 0 saturated heterocycles. The molecule has 0 N–H and O–H groups in total. The minimum Gasteiger partial charge on any atom is -0.382 e. The molecule has 5 heteroatoms. The molecule has 0 unspecified atom stereocenters. The monoisotopic (exact) mass is 260 g/mol. The van der Waals surface area contributed by atoms with Gasteiger partial charge in [-0.15, -0.1) is 0 Å². The topological polar surface area (TPSA) is 35.5 Å². The number of hydrogen-bond acceptors (Lipinski definition) is 3. The van der Waals surface area contributed by atoms with Gasteiger partial charge in [0.15, 0.2) is 5.78 Å². The highest BCUT2D eigenvalue weighted by Crippen LogP contribution is 2.18. The Morgan fingerprint density at radius 1 is 1.35 bits per heavy atom. The van der Waals surface area contributed by atoms with E-state index in [2.05, 4.69) is 0 Å². The highest BCUT2D eigenvalue weighted by Gasteiger charge is 2.11. The fourth-order valence-electron chi connectivity index (χ4n) is 1.26. The lowest BCUT2D eigenvalue weighted by Gasteiger charge is -2.05. The Morgan fingerprint density at radius 2 is 2.12 bits per heavy atom. The summed E-state index contributed by atoms with van der Waals surface area (Å²) in [5.41, 5.74) is 0.196. The van der Waals surface area contributed by atoms with E-state index in [1.54, 1.807) is 7.11 Å². The first-order valence-corrected chi connectivity index (χ1v) is 5.58. The minimum absolute atomic E-state index is 0.173. The van der Waals surface area contributed by atoms with Gasteiger partial charge in [0.05, 0.1) is 24.8 Å². The Kier molecular flexibility index (Phi) is 6.11. The van der Waals surface area contributed by atoms with Crippen LogP contribution in [0, 0.1) is 5.82 Å². The summed E-state index contributed by atoms with van der Waals surface area (Å²) in [4.78, 5) is 11.7. The van der Waals surface area contributed by atoms with Gasteiger partial charge in [0.2, 0.25) is 0 Å². The largest absolute Gasteiger partial charge is 0.382 e. The van der Waals surface area contributed by atoms with Crippen LogP contribution in [0.5, 0.6) is 0 Å². The van der Waals surface area contributed by atoms with Gasteiger partial charge >= 0.3 is 0 Å².